The van der Waals surface area contributed by atoms with E-state index in [2.05, 4.69) is 22.3 Å². The Morgan fingerprint density at radius 3 is 2.56 bits per heavy atom. The Morgan fingerprint density at radius 2 is 1.89 bits per heavy atom. The van der Waals surface area contributed by atoms with Crippen LogP contribution in [0.25, 0.3) is 11.4 Å². The summed E-state index contributed by atoms with van der Waals surface area (Å²) in [5.74, 6) is 0.562. The number of cyclic esters (lactones) is 1. The molecular weight excluding hydrogens is 382 g/mol. The van der Waals surface area contributed by atoms with Crippen molar-refractivity contribution in [1.82, 2.24) is 14.8 Å². The lowest BCUT2D eigenvalue weighted by molar-refractivity contribution is -0.140. The number of carbonyl (C=O) groups is 1. The van der Waals surface area contributed by atoms with Gasteiger partial charge in [-0.2, -0.15) is 0 Å². The molecule has 0 bridgehead atoms. The normalized spacial score (nSPS) is 19.3. The molecule has 4 rings (SSSR count). The number of carbonyl (C=O) groups excluding carboxylic acids is 1. The lowest BCUT2D eigenvalue weighted by Gasteiger charge is -2.12. The molecule has 0 spiro atoms. The molecule has 1 aromatic heterocycles. The topological polar surface area (TPSA) is 57.0 Å². The number of hydrogen-bond donors (Lipinski definition) is 0. The summed E-state index contributed by atoms with van der Waals surface area (Å²) in [7, 11) is 0. The minimum absolute atomic E-state index is 0.0590. The average Bonchev–Trinajstić information content (AvgIpc) is 3.20. The van der Waals surface area contributed by atoms with Gasteiger partial charge in [-0.15, -0.1) is 10.2 Å². The van der Waals surface area contributed by atoms with Crippen molar-refractivity contribution in [2.45, 2.75) is 36.4 Å². The molecule has 0 amide bonds. The van der Waals surface area contributed by atoms with Crippen LogP contribution in [0.2, 0.25) is 5.02 Å². The van der Waals surface area contributed by atoms with E-state index in [1.807, 2.05) is 54.0 Å². The van der Waals surface area contributed by atoms with Crippen molar-refractivity contribution in [1.29, 1.82) is 0 Å². The summed E-state index contributed by atoms with van der Waals surface area (Å²) >= 11 is 7.43. The third kappa shape index (κ3) is 4.01. The summed E-state index contributed by atoms with van der Waals surface area (Å²) in [4.78, 5) is 12.1. The fourth-order valence-corrected chi connectivity index (χ4v) is 4.31. The van der Waals surface area contributed by atoms with Crippen molar-refractivity contribution >= 4 is 29.3 Å². The number of nitrogens with zero attached hydrogens (tertiary/aromatic N) is 3. The van der Waals surface area contributed by atoms with Crippen LogP contribution in [-0.2, 0) is 16.1 Å². The molecule has 2 aromatic carbocycles. The van der Waals surface area contributed by atoms with Crippen LogP contribution in [0.3, 0.4) is 0 Å². The highest BCUT2D eigenvalue weighted by molar-refractivity contribution is 8.00. The summed E-state index contributed by atoms with van der Waals surface area (Å²) in [5.41, 5.74) is 2.06. The first-order valence-corrected chi connectivity index (χ1v) is 9.96. The smallest absolute Gasteiger partial charge is 0.319 e. The van der Waals surface area contributed by atoms with Gasteiger partial charge in [0.2, 0.25) is 0 Å². The third-order valence-electron chi connectivity index (χ3n) is 4.38. The van der Waals surface area contributed by atoms with Crippen LogP contribution >= 0.6 is 23.4 Å². The molecule has 0 aliphatic carbocycles. The third-order valence-corrected chi connectivity index (χ3v) is 5.81. The monoisotopic (exact) mass is 399 g/mol. The van der Waals surface area contributed by atoms with Crippen LogP contribution in [0, 0.1) is 0 Å². The van der Waals surface area contributed by atoms with Gasteiger partial charge in [0.1, 0.15) is 11.4 Å². The van der Waals surface area contributed by atoms with E-state index in [0.717, 1.165) is 17.0 Å². The van der Waals surface area contributed by atoms with Gasteiger partial charge in [-0.1, -0.05) is 53.7 Å². The highest BCUT2D eigenvalue weighted by Gasteiger charge is 2.34. The number of thioether (sulfide) groups is 1. The van der Waals surface area contributed by atoms with Crippen LogP contribution in [0.5, 0.6) is 0 Å². The first-order valence-electron chi connectivity index (χ1n) is 8.70. The van der Waals surface area contributed by atoms with Crippen molar-refractivity contribution in [3.8, 4) is 11.4 Å². The highest BCUT2D eigenvalue weighted by atomic mass is 35.5. The summed E-state index contributed by atoms with van der Waals surface area (Å²) in [6.45, 7) is 2.53. The molecule has 2 atom stereocenters. The molecule has 2 unspecified atom stereocenters. The van der Waals surface area contributed by atoms with E-state index in [-0.39, 0.29) is 17.3 Å². The van der Waals surface area contributed by atoms with Crippen molar-refractivity contribution in [2.75, 3.05) is 0 Å². The van der Waals surface area contributed by atoms with Crippen molar-refractivity contribution in [2.24, 2.45) is 0 Å². The maximum absolute atomic E-state index is 12.1. The predicted molar refractivity (Wildman–Crippen MR) is 106 cm³/mol. The van der Waals surface area contributed by atoms with Crippen molar-refractivity contribution < 1.29 is 9.53 Å². The zero-order valence-electron chi connectivity index (χ0n) is 14.7. The number of rotatable bonds is 5. The fraction of sp³-hybridized carbons (Fsp3) is 0.250. The summed E-state index contributed by atoms with van der Waals surface area (Å²) in [6, 6.07) is 17.6. The van der Waals surface area contributed by atoms with Gasteiger partial charge in [-0.3, -0.25) is 9.36 Å². The molecule has 2 heterocycles. The van der Waals surface area contributed by atoms with Gasteiger partial charge in [0.25, 0.3) is 0 Å². The Balaban J connectivity index is 1.70. The second-order valence-corrected chi connectivity index (χ2v) is 8.08. The van der Waals surface area contributed by atoms with Crippen LogP contribution < -0.4 is 0 Å². The Hall–Kier alpha value is -2.31. The summed E-state index contributed by atoms with van der Waals surface area (Å²) in [5, 5.41) is 9.89. The van der Waals surface area contributed by atoms with E-state index in [1.165, 1.54) is 11.8 Å². The van der Waals surface area contributed by atoms with Gasteiger partial charge in [-0.05, 0) is 36.8 Å². The lowest BCUT2D eigenvalue weighted by Crippen LogP contribution is -2.12. The Morgan fingerprint density at radius 1 is 1.15 bits per heavy atom. The van der Waals surface area contributed by atoms with E-state index in [1.54, 1.807) is 0 Å². The molecule has 3 aromatic rings. The minimum atomic E-state index is -0.253. The lowest BCUT2D eigenvalue weighted by atomic mass is 10.2. The minimum Gasteiger partial charge on any atom is -0.462 e. The second kappa shape index (κ2) is 7.74. The number of benzene rings is 2. The van der Waals surface area contributed by atoms with Crippen LogP contribution in [-0.4, -0.2) is 32.1 Å². The molecule has 27 heavy (non-hydrogen) atoms. The maximum atomic E-state index is 12.1. The van der Waals surface area contributed by atoms with Gasteiger partial charge in [0, 0.05) is 17.0 Å². The zero-order chi connectivity index (χ0) is 18.8. The molecule has 7 heteroatoms. The van der Waals surface area contributed by atoms with Crippen LogP contribution in [0.1, 0.15) is 18.9 Å². The van der Waals surface area contributed by atoms with Crippen LogP contribution in [0.4, 0.5) is 0 Å². The molecule has 0 radical (unpaired) electrons. The highest BCUT2D eigenvalue weighted by Crippen LogP contribution is 2.33. The van der Waals surface area contributed by atoms with E-state index in [9.17, 15) is 4.79 Å². The van der Waals surface area contributed by atoms with Gasteiger partial charge < -0.3 is 4.74 Å². The predicted octanol–water partition coefficient (Wildman–Crippen LogP) is 4.44. The molecule has 0 N–H and O–H groups in total. The zero-order valence-corrected chi connectivity index (χ0v) is 16.3. The van der Waals surface area contributed by atoms with Gasteiger partial charge in [-0.25, -0.2) is 0 Å². The van der Waals surface area contributed by atoms with Gasteiger partial charge in [0.15, 0.2) is 11.0 Å². The Labute approximate surface area is 166 Å². The Bertz CT molecular complexity index is 944. The number of ether oxygens (including phenoxy) is 1. The molecule has 1 fully saturated rings. The van der Waals surface area contributed by atoms with Gasteiger partial charge in [0.05, 0.1) is 6.54 Å². The SMILES string of the molecule is CC1CC(Sc2nnc(-c3ccc(Cl)cc3)n2Cc2ccccc2)C(=O)O1. The number of esters is 1. The van der Waals surface area contributed by atoms with E-state index >= 15 is 0 Å². The molecular formula is C20H18ClN3O2S. The molecule has 1 aliphatic heterocycles. The molecule has 1 saturated heterocycles. The van der Waals surface area contributed by atoms with Crippen molar-refractivity contribution in [3.63, 3.8) is 0 Å². The average molecular weight is 400 g/mol. The Kier molecular flexibility index (Phi) is 5.18. The molecule has 0 saturated carbocycles. The van der Waals surface area contributed by atoms with E-state index in [4.69, 9.17) is 16.3 Å². The number of aromatic nitrogens is 3. The maximum Gasteiger partial charge on any atom is 0.319 e. The first kappa shape index (κ1) is 18.1. The largest absolute Gasteiger partial charge is 0.462 e. The summed E-state index contributed by atoms with van der Waals surface area (Å²) < 4.78 is 7.32. The molecule has 1 aliphatic rings. The molecule has 5 nitrogen and oxygen atoms in total. The van der Waals surface area contributed by atoms with Gasteiger partial charge >= 0.3 is 5.97 Å². The first-order chi connectivity index (χ1) is 13.1. The number of halogens is 1. The van der Waals surface area contributed by atoms with Crippen molar-refractivity contribution in [3.05, 3.63) is 65.2 Å². The van der Waals surface area contributed by atoms with E-state index < -0.39 is 0 Å². The fourth-order valence-electron chi connectivity index (χ4n) is 3.04. The molecule has 138 valence electrons. The van der Waals surface area contributed by atoms with E-state index in [0.29, 0.717) is 23.1 Å². The standard InChI is InChI=1S/C20H18ClN3O2S/c1-13-11-17(19(25)26-13)27-20-23-22-18(15-7-9-16(21)10-8-15)24(20)12-14-5-3-2-4-6-14/h2-10,13,17H,11-12H2,1H3. The van der Waals surface area contributed by atoms with Crippen LogP contribution in [0.15, 0.2) is 59.8 Å². The summed E-state index contributed by atoms with van der Waals surface area (Å²) in [6.07, 6.45) is 0.620. The quantitative estimate of drug-likeness (QED) is 0.593. The number of hydrogen-bond acceptors (Lipinski definition) is 5. The second-order valence-electron chi connectivity index (χ2n) is 6.47.